The van der Waals surface area contributed by atoms with Crippen LogP contribution in [0.1, 0.15) is 41.6 Å². The second kappa shape index (κ2) is 7.80. The predicted molar refractivity (Wildman–Crippen MR) is 96.6 cm³/mol. The predicted octanol–water partition coefficient (Wildman–Crippen LogP) is 1.71. The fourth-order valence-electron chi connectivity index (χ4n) is 3.61. The molecule has 2 heterocycles. The van der Waals surface area contributed by atoms with Crippen molar-refractivity contribution in [2.75, 3.05) is 38.1 Å². The zero-order valence-electron chi connectivity index (χ0n) is 14.5. The molecule has 2 aliphatic rings. The molecule has 2 fully saturated rings. The first kappa shape index (κ1) is 17.6. The normalized spacial score (nSPS) is 24.3. The molecule has 0 spiro atoms. The molecular weight excluding hydrogens is 324 g/mol. The molecule has 1 amide bonds. The van der Waals surface area contributed by atoms with E-state index in [9.17, 15) is 4.79 Å². The van der Waals surface area contributed by atoms with Crippen LogP contribution in [0.4, 0.5) is 5.13 Å². The lowest BCUT2D eigenvalue weighted by molar-refractivity contribution is 0.0931. The minimum Gasteiger partial charge on any atom is -0.396 e. The van der Waals surface area contributed by atoms with E-state index in [1.807, 2.05) is 13.8 Å². The maximum Gasteiger partial charge on any atom is 0.263 e. The van der Waals surface area contributed by atoms with Gasteiger partial charge in [-0.2, -0.15) is 0 Å². The van der Waals surface area contributed by atoms with E-state index in [1.54, 1.807) is 0 Å². The van der Waals surface area contributed by atoms with Gasteiger partial charge in [0.25, 0.3) is 5.91 Å². The molecule has 1 saturated heterocycles. The number of anilines is 1. The minimum absolute atomic E-state index is 0.00816. The smallest absolute Gasteiger partial charge is 0.263 e. The van der Waals surface area contributed by atoms with Crippen LogP contribution in [0.5, 0.6) is 0 Å². The van der Waals surface area contributed by atoms with Gasteiger partial charge in [0.1, 0.15) is 4.88 Å². The molecule has 0 unspecified atom stereocenters. The number of aliphatic hydroxyl groups is 1. The molecule has 1 aromatic rings. The van der Waals surface area contributed by atoms with Crippen LogP contribution in [-0.4, -0.2) is 59.7 Å². The van der Waals surface area contributed by atoms with Crippen LogP contribution >= 0.6 is 11.3 Å². The van der Waals surface area contributed by atoms with Crippen LogP contribution < -0.4 is 10.6 Å². The van der Waals surface area contributed by atoms with Crippen LogP contribution in [0.2, 0.25) is 0 Å². The standard InChI is InChI=1S/C17H28N4O2S/c1-3-18-17-19-11(2)15(24-17)16(23)20-14-10-21(7-4-8-22)9-13(14)12-5-6-12/h12-14,22H,3-10H2,1-2H3,(H,18,19)(H,20,23)/t13-,14+/m1/s1. The first-order chi connectivity index (χ1) is 11.6. The van der Waals surface area contributed by atoms with Gasteiger partial charge in [0.05, 0.1) is 5.69 Å². The number of amides is 1. The SMILES string of the molecule is CCNc1nc(C)c(C(=O)N[C@H]2CN(CCCO)C[C@@H]2C2CC2)s1. The third kappa shape index (κ3) is 4.07. The van der Waals surface area contributed by atoms with E-state index < -0.39 is 0 Å². The molecule has 2 atom stereocenters. The topological polar surface area (TPSA) is 77.5 Å². The maximum atomic E-state index is 12.7. The van der Waals surface area contributed by atoms with Crippen molar-refractivity contribution in [3.63, 3.8) is 0 Å². The molecule has 7 heteroatoms. The largest absolute Gasteiger partial charge is 0.396 e. The number of aromatic nitrogens is 1. The second-order valence-electron chi connectivity index (χ2n) is 6.88. The number of thiazole rings is 1. The highest BCUT2D eigenvalue weighted by Crippen LogP contribution is 2.41. The number of aryl methyl sites for hydroxylation is 1. The van der Waals surface area contributed by atoms with E-state index in [2.05, 4.69) is 20.5 Å². The maximum absolute atomic E-state index is 12.7. The summed E-state index contributed by atoms with van der Waals surface area (Å²) < 4.78 is 0. The van der Waals surface area contributed by atoms with Crippen LogP contribution in [0.15, 0.2) is 0 Å². The summed E-state index contributed by atoms with van der Waals surface area (Å²) >= 11 is 1.43. The molecule has 0 radical (unpaired) electrons. The summed E-state index contributed by atoms with van der Waals surface area (Å²) in [6, 6.07) is 0.216. The van der Waals surface area contributed by atoms with Gasteiger partial charge >= 0.3 is 0 Å². The molecular formula is C17H28N4O2S. The van der Waals surface area contributed by atoms with Crippen molar-refractivity contribution in [3.8, 4) is 0 Å². The van der Waals surface area contributed by atoms with Crippen molar-refractivity contribution in [1.82, 2.24) is 15.2 Å². The van der Waals surface area contributed by atoms with E-state index in [4.69, 9.17) is 5.11 Å². The van der Waals surface area contributed by atoms with Gasteiger partial charge in [0.2, 0.25) is 0 Å². The van der Waals surface area contributed by atoms with Gasteiger partial charge in [0, 0.05) is 38.8 Å². The number of carbonyl (C=O) groups excluding carboxylic acids is 1. The second-order valence-corrected chi connectivity index (χ2v) is 7.88. The Balaban J connectivity index is 1.63. The lowest BCUT2D eigenvalue weighted by atomic mass is 9.98. The first-order valence-electron chi connectivity index (χ1n) is 8.97. The molecule has 0 bridgehead atoms. The van der Waals surface area contributed by atoms with Gasteiger partial charge in [-0.05, 0) is 44.9 Å². The summed E-state index contributed by atoms with van der Waals surface area (Å²) in [5.74, 6) is 1.32. The van der Waals surface area contributed by atoms with Gasteiger partial charge < -0.3 is 20.6 Å². The number of carbonyl (C=O) groups is 1. The first-order valence-corrected chi connectivity index (χ1v) is 9.79. The molecule has 6 nitrogen and oxygen atoms in total. The van der Waals surface area contributed by atoms with Crippen LogP contribution in [0.25, 0.3) is 0 Å². The van der Waals surface area contributed by atoms with Crippen molar-refractivity contribution in [2.45, 2.75) is 39.2 Å². The summed E-state index contributed by atoms with van der Waals surface area (Å²) in [7, 11) is 0. The fourth-order valence-corrected chi connectivity index (χ4v) is 4.55. The number of nitrogens with zero attached hydrogens (tertiary/aromatic N) is 2. The Morgan fingerprint density at radius 3 is 2.88 bits per heavy atom. The Morgan fingerprint density at radius 2 is 2.21 bits per heavy atom. The molecule has 3 N–H and O–H groups in total. The van der Waals surface area contributed by atoms with Crippen molar-refractivity contribution >= 4 is 22.4 Å². The Kier molecular flexibility index (Phi) is 5.73. The van der Waals surface area contributed by atoms with Crippen LogP contribution in [-0.2, 0) is 0 Å². The lowest BCUT2D eigenvalue weighted by Crippen LogP contribution is -2.41. The Labute approximate surface area is 147 Å². The van der Waals surface area contributed by atoms with E-state index >= 15 is 0 Å². The van der Waals surface area contributed by atoms with E-state index in [1.165, 1.54) is 24.2 Å². The zero-order valence-corrected chi connectivity index (χ0v) is 15.4. The summed E-state index contributed by atoms with van der Waals surface area (Å²) in [5, 5.41) is 16.3. The van der Waals surface area contributed by atoms with E-state index in [0.717, 1.165) is 49.3 Å². The van der Waals surface area contributed by atoms with Gasteiger partial charge in [-0.1, -0.05) is 11.3 Å². The highest BCUT2D eigenvalue weighted by molar-refractivity contribution is 7.17. The van der Waals surface area contributed by atoms with Crippen LogP contribution in [0.3, 0.4) is 0 Å². The highest BCUT2D eigenvalue weighted by Gasteiger charge is 2.43. The third-order valence-corrected chi connectivity index (χ3v) is 6.06. The molecule has 24 heavy (non-hydrogen) atoms. The number of hydrogen-bond donors (Lipinski definition) is 3. The summed E-state index contributed by atoms with van der Waals surface area (Å²) in [6.07, 6.45) is 3.38. The fraction of sp³-hybridized carbons (Fsp3) is 0.765. The summed E-state index contributed by atoms with van der Waals surface area (Å²) in [5.41, 5.74) is 0.798. The molecule has 3 rings (SSSR count). The van der Waals surface area contributed by atoms with E-state index in [0.29, 0.717) is 10.8 Å². The number of aliphatic hydroxyl groups excluding tert-OH is 1. The van der Waals surface area contributed by atoms with Gasteiger partial charge in [-0.15, -0.1) is 0 Å². The quantitative estimate of drug-likeness (QED) is 0.664. The average molecular weight is 353 g/mol. The highest BCUT2D eigenvalue weighted by atomic mass is 32.1. The lowest BCUT2D eigenvalue weighted by Gasteiger charge is -2.19. The van der Waals surface area contributed by atoms with Crippen molar-refractivity contribution < 1.29 is 9.90 Å². The molecule has 0 aromatic carbocycles. The molecule has 1 saturated carbocycles. The monoisotopic (exact) mass is 352 g/mol. The minimum atomic E-state index is 0.00816. The number of nitrogens with one attached hydrogen (secondary N) is 2. The number of likely N-dealkylation sites (tertiary alicyclic amines) is 1. The zero-order chi connectivity index (χ0) is 17.1. The molecule has 1 aliphatic carbocycles. The van der Waals surface area contributed by atoms with Gasteiger partial charge in [-0.3, -0.25) is 4.79 Å². The molecule has 1 aromatic heterocycles. The summed E-state index contributed by atoms with van der Waals surface area (Å²) in [4.78, 5) is 20.2. The molecule has 1 aliphatic heterocycles. The van der Waals surface area contributed by atoms with Crippen LogP contribution in [0, 0.1) is 18.8 Å². The van der Waals surface area contributed by atoms with Crippen molar-refractivity contribution in [2.24, 2.45) is 11.8 Å². The Bertz CT molecular complexity index is 573. The van der Waals surface area contributed by atoms with E-state index in [-0.39, 0.29) is 18.6 Å². The van der Waals surface area contributed by atoms with Gasteiger partial charge in [-0.25, -0.2) is 4.98 Å². The van der Waals surface area contributed by atoms with Crippen molar-refractivity contribution in [1.29, 1.82) is 0 Å². The summed E-state index contributed by atoms with van der Waals surface area (Å²) in [6.45, 7) is 7.80. The third-order valence-electron chi connectivity index (χ3n) is 4.95. The Hall–Kier alpha value is -1.18. The average Bonchev–Trinajstić information content (AvgIpc) is 3.22. The number of hydrogen-bond acceptors (Lipinski definition) is 6. The Morgan fingerprint density at radius 1 is 1.42 bits per heavy atom. The number of rotatable bonds is 8. The van der Waals surface area contributed by atoms with Crippen molar-refractivity contribution in [3.05, 3.63) is 10.6 Å². The van der Waals surface area contributed by atoms with Gasteiger partial charge in [0.15, 0.2) is 5.13 Å². The molecule has 134 valence electrons.